The van der Waals surface area contributed by atoms with E-state index in [0.29, 0.717) is 12.1 Å². The van der Waals surface area contributed by atoms with E-state index in [1.54, 1.807) is 0 Å². The number of hydrogen-bond donors (Lipinski definition) is 1. The van der Waals surface area contributed by atoms with Gasteiger partial charge in [-0.05, 0) is 31.9 Å². The molecule has 3 rings (SSSR count). The van der Waals surface area contributed by atoms with Gasteiger partial charge in [0, 0.05) is 31.6 Å². The van der Waals surface area contributed by atoms with Gasteiger partial charge in [-0.15, -0.1) is 10.2 Å². The van der Waals surface area contributed by atoms with Crippen molar-refractivity contribution in [3.05, 3.63) is 46.8 Å². The van der Waals surface area contributed by atoms with E-state index in [4.69, 9.17) is 5.73 Å². The fourth-order valence-corrected chi connectivity index (χ4v) is 3.62. The Labute approximate surface area is 167 Å². The number of carbonyl (C=O) groups excluding carboxylic acids is 1. The number of aromatic nitrogens is 3. The molecule has 1 unspecified atom stereocenters. The van der Waals surface area contributed by atoms with Crippen LogP contribution in [0.5, 0.6) is 0 Å². The van der Waals surface area contributed by atoms with Crippen molar-refractivity contribution < 1.29 is 31.1 Å². The van der Waals surface area contributed by atoms with Crippen molar-refractivity contribution in [2.45, 2.75) is 51.0 Å². The molecule has 30 heavy (non-hydrogen) atoms. The van der Waals surface area contributed by atoms with Crippen LogP contribution in [0.1, 0.15) is 37.5 Å². The zero-order valence-electron chi connectivity index (χ0n) is 16.1. The maximum atomic E-state index is 13.8. The highest BCUT2D eigenvalue weighted by molar-refractivity contribution is 5.78. The third kappa shape index (κ3) is 4.00. The Morgan fingerprint density at radius 2 is 1.77 bits per heavy atom. The lowest BCUT2D eigenvalue weighted by atomic mass is 9.96. The normalized spacial score (nSPS) is 17.0. The molecule has 0 radical (unpaired) electrons. The molecular formula is C18H19F6N5O. The van der Waals surface area contributed by atoms with E-state index in [0.717, 1.165) is 4.57 Å². The Morgan fingerprint density at radius 3 is 2.40 bits per heavy atom. The van der Waals surface area contributed by atoms with Crippen LogP contribution in [0.3, 0.4) is 0 Å². The lowest BCUT2D eigenvalue weighted by molar-refractivity contribution is -0.149. The number of rotatable bonds is 4. The molecule has 1 aromatic heterocycles. The second-order valence-corrected chi connectivity index (χ2v) is 7.63. The van der Waals surface area contributed by atoms with Crippen molar-refractivity contribution in [1.29, 1.82) is 0 Å². The van der Waals surface area contributed by atoms with Crippen molar-refractivity contribution >= 4 is 5.91 Å². The monoisotopic (exact) mass is 435 g/mol. The van der Waals surface area contributed by atoms with E-state index in [-0.39, 0.29) is 37.3 Å². The number of benzene rings is 1. The van der Waals surface area contributed by atoms with Crippen molar-refractivity contribution in [2.75, 3.05) is 6.54 Å². The fraction of sp³-hybridized carbons (Fsp3) is 0.500. The van der Waals surface area contributed by atoms with Gasteiger partial charge < -0.3 is 15.2 Å². The first-order chi connectivity index (χ1) is 13.8. The number of fused-ring (bicyclic) bond motifs is 1. The summed E-state index contributed by atoms with van der Waals surface area (Å²) >= 11 is 0. The Balaban J connectivity index is 1.75. The summed E-state index contributed by atoms with van der Waals surface area (Å²) in [5.74, 6) is -5.20. The van der Waals surface area contributed by atoms with Gasteiger partial charge in [0.25, 0.3) is 0 Å². The summed E-state index contributed by atoms with van der Waals surface area (Å²) in [6.45, 7) is 2.88. The number of carbonyl (C=O) groups is 1. The third-order valence-corrected chi connectivity index (χ3v) is 5.08. The average Bonchev–Trinajstić information content (AvgIpc) is 3.05. The molecule has 2 N–H and O–H groups in total. The summed E-state index contributed by atoms with van der Waals surface area (Å²) in [4.78, 5) is 14.1. The number of nitrogens with zero attached hydrogens (tertiary/aromatic N) is 4. The molecule has 12 heteroatoms. The van der Waals surface area contributed by atoms with Gasteiger partial charge in [-0.2, -0.15) is 13.2 Å². The van der Waals surface area contributed by atoms with Gasteiger partial charge in [-0.3, -0.25) is 4.79 Å². The van der Waals surface area contributed by atoms with Gasteiger partial charge in [0.1, 0.15) is 5.82 Å². The van der Waals surface area contributed by atoms with Gasteiger partial charge in [0.15, 0.2) is 17.5 Å². The van der Waals surface area contributed by atoms with E-state index in [1.165, 1.54) is 18.7 Å². The Bertz CT molecular complexity index is 971. The summed E-state index contributed by atoms with van der Waals surface area (Å²) in [5.41, 5.74) is 4.53. The van der Waals surface area contributed by atoms with Gasteiger partial charge >= 0.3 is 6.18 Å². The maximum Gasteiger partial charge on any atom is 0.451 e. The van der Waals surface area contributed by atoms with Crippen LogP contribution in [-0.2, 0) is 29.5 Å². The Morgan fingerprint density at radius 1 is 1.13 bits per heavy atom. The first kappa shape index (κ1) is 22.1. The molecule has 2 heterocycles. The summed E-state index contributed by atoms with van der Waals surface area (Å²) in [5, 5.41) is 6.84. The van der Waals surface area contributed by atoms with Crippen molar-refractivity contribution in [3.63, 3.8) is 0 Å². The van der Waals surface area contributed by atoms with E-state index < -0.39 is 46.9 Å². The van der Waals surface area contributed by atoms with Crippen LogP contribution >= 0.6 is 0 Å². The summed E-state index contributed by atoms with van der Waals surface area (Å²) < 4.78 is 80.4. The Kier molecular flexibility index (Phi) is 5.56. The second-order valence-electron chi connectivity index (χ2n) is 7.63. The Hall–Kier alpha value is -2.63. The predicted octanol–water partition coefficient (Wildman–Crippen LogP) is 2.75. The van der Waals surface area contributed by atoms with Crippen molar-refractivity contribution in [3.8, 4) is 0 Å². The van der Waals surface area contributed by atoms with Crippen LogP contribution in [0, 0.1) is 17.5 Å². The highest BCUT2D eigenvalue weighted by Crippen LogP contribution is 2.36. The van der Waals surface area contributed by atoms with E-state index in [1.807, 2.05) is 0 Å². The minimum Gasteiger partial charge on any atom is -0.328 e. The van der Waals surface area contributed by atoms with Gasteiger partial charge in [0.2, 0.25) is 11.7 Å². The largest absolute Gasteiger partial charge is 0.451 e. The van der Waals surface area contributed by atoms with Crippen LogP contribution in [-0.4, -0.2) is 38.2 Å². The molecule has 0 spiro atoms. The van der Waals surface area contributed by atoms with Gasteiger partial charge in [0.05, 0.1) is 5.54 Å². The molecule has 6 nitrogen and oxygen atoms in total. The lowest BCUT2D eigenvalue weighted by Gasteiger charge is -2.42. The zero-order chi connectivity index (χ0) is 22.4. The van der Waals surface area contributed by atoms with Gasteiger partial charge in [-0.25, -0.2) is 13.2 Å². The lowest BCUT2D eigenvalue weighted by Crippen LogP contribution is -2.53. The highest BCUT2D eigenvalue weighted by Gasteiger charge is 2.46. The quantitative estimate of drug-likeness (QED) is 0.592. The molecule has 0 bridgehead atoms. The minimum absolute atomic E-state index is 0.0188. The molecule has 0 saturated heterocycles. The predicted molar refractivity (Wildman–Crippen MR) is 92.4 cm³/mol. The highest BCUT2D eigenvalue weighted by atomic mass is 19.4. The first-order valence-electron chi connectivity index (χ1n) is 9.02. The zero-order valence-corrected chi connectivity index (χ0v) is 16.1. The van der Waals surface area contributed by atoms with E-state index in [2.05, 4.69) is 10.2 Å². The van der Waals surface area contributed by atoms with Crippen LogP contribution in [0.2, 0.25) is 0 Å². The number of nitrogens with two attached hydrogens (primary N) is 1. The fourth-order valence-electron chi connectivity index (χ4n) is 3.62. The molecule has 0 fully saturated rings. The van der Waals surface area contributed by atoms with Gasteiger partial charge in [-0.1, -0.05) is 0 Å². The minimum atomic E-state index is -4.68. The molecule has 0 aliphatic carbocycles. The molecule has 0 saturated carbocycles. The summed E-state index contributed by atoms with van der Waals surface area (Å²) in [6.07, 6.45) is -5.18. The number of alkyl halides is 3. The van der Waals surface area contributed by atoms with Crippen LogP contribution in [0.15, 0.2) is 12.1 Å². The molecule has 2 aromatic rings. The molecule has 1 aliphatic rings. The molecule has 1 aromatic carbocycles. The standard InChI is InChI=1S/C18H19F6N5O/c1-17(2)15-26-27-16(18(22,23)24)28(15)3-4-29(17)14(30)7-10(25)5-9-6-12(20)13(21)8-11(9)19/h6,8,10H,3-5,7,25H2,1-2H3. The summed E-state index contributed by atoms with van der Waals surface area (Å²) in [6, 6.07) is 0.164. The topological polar surface area (TPSA) is 77.0 Å². The first-order valence-corrected chi connectivity index (χ1v) is 9.02. The third-order valence-electron chi connectivity index (χ3n) is 5.08. The SMILES string of the molecule is CC1(C)c2nnc(C(F)(F)F)n2CCN1C(=O)CC(N)Cc1cc(F)c(F)cc1F. The van der Waals surface area contributed by atoms with Crippen LogP contribution < -0.4 is 5.73 Å². The maximum absolute atomic E-state index is 13.8. The van der Waals surface area contributed by atoms with Crippen LogP contribution in [0.25, 0.3) is 0 Å². The summed E-state index contributed by atoms with van der Waals surface area (Å²) in [7, 11) is 0. The number of hydrogen-bond acceptors (Lipinski definition) is 4. The average molecular weight is 435 g/mol. The van der Waals surface area contributed by atoms with Crippen molar-refractivity contribution in [1.82, 2.24) is 19.7 Å². The molecular weight excluding hydrogens is 416 g/mol. The molecule has 1 amide bonds. The van der Waals surface area contributed by atoms with Crippen LogP contribution in [0.4, 0.5) is 26.3 Å². The van der Waals surface area contributed by atoms with E-state index in [9.17, 15) is 31.1 Å². The number of halogens is 6. The molecule has 1 atom stereocenters. The number of amides is 1. The van der Waals surface area contributed by atoms with Crippen molar-refractivity contribution in [2.24, 2.45) is 5.73 Å². The smallest absolute Gasteiger partial charge is 0.328 e. The molecule has 1 aliphatic heterocycles. The molecule has 164 valence electrons. The van der Waals surface area contributed by atoms with E-state index >= 15 is 0 Å². The second kappa shape index (κ2) is 7.56.